The van der Waals surface area contributed by atoms with Gasteiger partial charge in [0.2, 0.25) is 0 Å². The number of amidine groups is 1. The first-order valence-electron chi connectivity index (χ1n) is 15.0. The van der Waals surface area contributed by atoms with Gasteiger partial charge >= 0.3 is 22.4 Å². The van der Waals surface area contributed by atoms with E-state index in [1.54, 1.807) is 0 Å². The van der Waals surface area contributed by atoms with Gasteiger partial charge in [0.05, 0.1) is 55.5 Å². The Morgan fingerprint density at radius 1 is 0.737 bits per heavy atom. The third kappa shape index (κ3) is 14.2. The number of urea groups is 1. The van der Waals surface area contributed by atoms with E-state index in [0.29, 0.717) is 12.1 Å². The van der Waals surface area contributed by atoms with E-state index in [9.17, 15) is 71.0 Å². The van der Waals surface area contributed by atoms with Gasteiger partial charge in [0.1, 0.15) is 5.69 Å². The summed E-state index contributed by atoms with van der Waals surface area (Å²) < 4.78 is 150. The Labute approximate surface area is 329 Å². The molecule has 2 amide bonds. The van der Waals surface area contributed by atoms with Gasteiger partial charge in [-0.3, -0.25) is 29.9 Å². The van der Waals surface area contributed by atoms with Crippen molar-refractivity contribution in [3.63, 3.8) is 0 Å². The van der Waals surface area contributed by atoms with Crippen molar-refractivity contribution in [1.29, 1.82) is 0 Å². The number of sulfone groups is 2. The van der Waals surface area contributed by atoms with Crippen LogP contribution in [-0.2, 0) is 54.5 Å². The fourth-order valence-corrected chi connectivity index (χ4v) is 8.21. The van der Waals surface area contributed by atoms with Crippen molar-refractivity contribution in [3.8, 4) is 5.75 Å². The quantitative estimate of drug-likeness (QED) is 0.0193. The Hall–Kier alpha value is -4.85. The van der Waals surface area contributed by atoms with E-state index < -0.39 is 137 Å². The molecular weight excluding hydrogens is 892 g/mol. The molecule has 3 aromatic rings. The van der Waals surface area contributed by atoms with E-state index in [1.165, 1.54) is 12.1 Å². The maximum Gasteiger partial charge on any atom is 0.397 e. The zero-order valence-corrected chi connectivity index (χ0v) is 33.2. The number of carbonyl (C=O) groups is 2. The van der Waals surface area contributed by atoms with Gasteiger partial charge in [0, 0.05) is 18.0 Å². The molecule has 10 N–H and O–H groups in total. The molecule has 30 heteroatoms. The van der Waals surface area contributed by atoms with Crippen LogP contribution < -0.4 is 26.9 Å². The van der Waals surface area contributed by atoms with Crippen LogP contribution >= 0.6 is 11.6 Å². The number of hydrazone groups is 1. The van der Waals surface area contributed by atoms with Crippen molar-refractivity contribution < 1.29 is 79.7 Å². The fourth-order valence-electron chi connectivity index (χ4n) is 4.21. The van der Waals surface area contributed by atoms with Crippen LogP contribution in [0.1, 0.15) is 15.9 Å². The molecule has 0 radical (unpaired) electrons. The normalized spacial score (nSPS) is 12.7. The summed E-state index contributed by atoms with van der Waals surface area (Å²) in [6.07, 6.45) is 0. The number of nitrogens with one attached hydrogen (secondary N) is 5. The Kier molecular flexibility index (Phi) is 15.2. The number of rotatable bonds is 19. The standard InChI is InChI=1S/C27H31ClN6O18S5/c28-7-10-54(41,42)17-3-1-16(2-4-17)25(33-31-21-13-18(55(43,44)45)5-6-20(21)26(36)37)34-32-23-15-19(56(46,47)48)14-22(24(23)35)30-27(38)29-8-11-53(39,40)12-9-52-57(49,50)51/h1-6,13-15,31-32,35H,7-12H2,(H,33,34)(H,36,37)(H2,29,30,38)(H,43,44,45)(H,46,47,48)(H,49,50,51). The van der Waals surface area contributed by atoms with Crippen LogP contribution in [0.4, 0.5) is 21.9 Å². The molecular formula is C27H31ClN6O18S5. The number of aromatic carboxylic acids is 1. The fraction of sp³-hybridized carbons (Fsp3) is 0.222. The van der Waals surface area contributed by atoms with Crippen molar-refractivity contribution in [3.05, 3.63) is 65.7 Å². The zero-order chi connectivity index (χ0) is 43.0. The average Bonchev–Trinajstić information content (AvgIpc) is 3.08. The number of carboxylic acid groups (broad SMARTS) is 1. The van der Waals surface area contributed by atoms with Gasteiger partial charge in [-0.15, -0.1) is 11.6 Å². The first-order chi connectivity index (χ1) is 26.2. The number of hydrogen-bond acceptors (Lipinski definition) is 17. The van der Waals surface area contributed by atoms with Gasteiger partial charge in [-0.05, 0) is 54.6 Å². The highest BCUT2D eigenvalue weighted by atomic mass is 35.5. The number of nitrogens with zero attached hydrogens (tertiary/aromatic N) is 1. The van der Waals surface area contributed by atoms with Crippen molar-refractivity contribution in [1.82, 2.24) is 10.7 Å². The molecule has 0 atom stereocenters. The molecule has 0 bridgehead atoms. The molecule has 0 aliphatic rings. The zero-order valence-electron chi connectivity index (χ0n) is 28.3. The first-order valence-corrected chi connectivity index (χ1v) is 23.3. The Bertz CT molecular complexity index is 2610. The SMILES string of the molecule is O=C(NCCS(=O)(=O)CCOS(=O)(=O)O)Nc1cc(S(=O)(=O)O)cc(NN=C(NNc2cc(S(=O)(=O)O)ccc2C(=O)O)c2ccc(S(=O)(=O)CCCl)cc2)c1O. The van der Waals surface area contributed by atoms with Gasteiger partial charge in [0.25, 0.3) is 20.2 Å². The largest absolute Gasteiger partial charge is 0.504 e. The molecule has 3 rings (SSSR count). The van der Waals surface area contributed by atoms with Crippen molar-refractivity contribution >= 4 is 96.8 Å². The number of hydrazine groups is 1. The van der Waals surface area contributed by atoms with Gasteiger partial charge in [-0.1, -0.05) is 0 Å². The van der Waals surface area contributed by atoms with Crippen molar-refractivity contribution in [2.75, 3.05) is 52.5 Å². The van der Waals surface area contributed by atoms with Gasteiger partial charge < -0.3 is 20.8 Å². The number of phenols is 1. The number of aromatic hydroxyl groups is 1. The van der Waals surface area contributed by atoms with E-state index >= 15 is 0 Å². The monoisotopic (exact) mass is 922 g/mol. The summed E-state index contributed by atoms with van der Waals surface area (Å²) in [7, 11) is -22.7. The molecule has 0 aliphatic carbocycles. The molecule has 314 valence electrons. The molecule has 0 saturated heterocycles. The number of carbonyl (C=O) groups excluding carboxylic acids is 1. The Morgan fingerprint density at radius 3 is 1.88 bits per heavy atom. The lowest BCUT2D eigenvalue weighted by atomic mass is 10.2. The Morgan fingerprint density at radius 2 is 1.32 bits per heavy atom. The summed E-state index contributed by atoms with van der Waals surface area (Å²) in [6.45, 7) is -1.54. The smallest absolute Gasteiger partial charge is 0.397 e. The highest BCUT2D eigenvalue weighted by molar-refractivity contribution is 7.91. The number of amides is 2. The van der Waals surface area contributed by atoms with E-state index in [1.807, 2.05) is 5.32 Å². The van der Waals surface area contributed by atoms with Crippen LogP contribution in [-0.4, -0.2) is 120 Å². The first kappa shape index (κ1) is 46.5. The summed E-state index contributed by atoms with van der Waals surface area (Å²) in [4.78, 5) is 22.5. The lowest BCUT2D eigenvalue weighted by Gasteiger charge is -2.17. The highest BCUT2D eigenvalue weighted by Crippen LogP contribution is 2.35. The van der Waals surface area contributed by atoms with Crippen LogP contribution in [0.15, 0.2) is 74.4 Å². The number of anilines is 3. The lowest BCUT2D eigenvalue weighted by Crippen LogP contribution is -2.34. The predicted octanol–water partition coefficient (Wildman–Crippen LogP) is 0.342. The van der Waals surface area contributed by atoms with Gasteiger partial charge in [-0.2, -0.15) is 30.4 Å². The molecule has 0 aromatic heterocycles. The second-order valence-corrected chi connectivity index (χ2v) is 19.7. The highest BCUT2D eigenvalue weighted by Gasteiger charge is 2.22. The molecule has 0 fully saturated rings. The van der Waals surface area contributed by atoms with Gasteiger partial charge in [0.15, 0.2) is 31.3 Å². The van der Waals surface area contributed by atoms with Crippen molar-refractivity contribution in [2.45, 2.75) is 14.7 Å². The maximum absolute atomic E-state index is 12.6. The summed E-state index contributed by atoms with van der Waals surface area (Å²) in [5.41, 5.74) is 4.72. The second kappa shape index (κ2) is 18.6. The van der Waals surface area contributed by atoms with E-state index in [0.717, 1.165) is 30.3 Å². The maximum atomic E-state index is 12.6. The summed E-state index contributed by atoms with van der Waals surface area (Å²) in [5.74, 6) is -5.21. The minimum absolute atomic E-state index is 0.00900. The number of phenolic OH excluding ortho intramolecular Hbond substituents is 1. The number of carboxylic acids is 1. The summed E-state index contributed by atoms with van der Waals surface area (Å²) >= 11 is 5.58. The molecule has 0 saturated carbocycles. The predicted molar refractivity (Wildman–Crippen MR) is 200 cm³/mol. The molecule has 24 nitrogen and oxygen atoms in total. The summed E-state index contributed by atoms with van der Waals surface area (Å²) in [6, 6.07) is 7.02. The molecule has 0 spiro atoms. The molecule has 0 heterocycles. The average molecular weight is 923 g/mol. The minimum atomic E-state index is -5.09. The minimum Gasteiger partial charge on any atom is -0.504 e. The number of benzene rings is 3. The number of halogens is 1. The van der Waals surface area contributed by atoms with E-state index in [4.69, 9.17) is 16.2 Å². The van der Waals surface area contributed by atoms with E-state index in [-0.39, 0.29) is 16.3 Å². The van der Waals surface area contributed by atoms with Crippen LogP contribution in [0.25, 0.3) is 0 Å². The molecule has 0 unspecified atom stereocenters. The Balaban J connectivity index is 1.99. The number of alkyl halides is 1. The van der Waals surface area contributed by atoms with Crippen molar-refractivity contribution in [2.24, 2.45) is 5.10 Å². The van der Waals surface area contributed by atoms with Crippen LogP contribution in [0.2, 0.25) is 0 Å². The van der Waals surface area contributed by atoms with Crippen LogP contribution in [0.3, 0.4) is 0 Å². The lowest BCUT2D eigenvalue weighted by molar-refractivity contribution is 0.0697. The third-order valence-corrected chi connectivity index (χ3v) is 12.8. The number of hydrogen-bond donors (Lipinski definition) is 10. The molecule has 3 aromatic carbocycles. The van der Waals surface area contributed by atoms with Crippen LogP contribution in [0.5, 0.6) is 5.75 Å². The van der Waals surface area contributed by atoms with Crippen LogP contribution in [0, 0.1) is 0 Å². The topological polar surface area (TPSA) is 388 Å². The van der Waals surface area contributed by atoms with Gasteiger partial charge in [-0.25, -0.2) is 30.6 Å². The second-order valence-electron chi connectivity index (χ2n) is 11.0. The molecule has 0 aliphatic heterocycles. The summed E-state index contributed by atoms with van der Waals surface area (Å²) in [5, 5.41) is 28.6. The molecule has 57 heavy (non-hydrogen) atoms. The third-order valence-electron chi connectivity index (χ3n) is 6.91. The van der Waals surface area contributed by atoms with E-state index in [2.05, 4.69) is 30.9 Å².